The van der Waals surface area contributed by atoms with Crippen molar-refractivity contribution in [3.8, 4) is 5.75 Å². The van der Waals surface area contributed by atoms with Gasteiger partial charge in [0.05, 0.1) is 17.9 Å². The highest BCUT2D eigenvalue weighted by Crippen LogP contribution is 2.40. The molecule has 3 rings (SSSR count). The maximum atomic E-state index is 11.0. The normalized spacial score (nSPS) is 20.8. The van der Waals surface area contributed by atoms with Crippen LogP contribution in [0.2, 0.25) is 0 Å². The van der Waals surface area contributed by atoms with Crippen molar-refractivity contribution < 1.29 is 14.6 Å². The predicted molar refractivity (Wildman–Crippen MR) is 72.9 cm³/mol. The van der Waals surface area contributed by atoms with Crippen LogP contribution < -0.4 is 10.1 Å². The van der Waals surface area contributed by atoms with Gasteiger partial charge >= 0.3 is 5.97 Å². The average molecular weight is 261 g/mol. The van der Waals surface area contributed by atoms with E-state index in [2.05, 4.69) is 5.32 Å². The van der Waals surface area contributed by atoms with Crippen molar-refractivity contribution in [3.63, 3.8) is 0 Å². The molecule has 1 aromatic rings. The van der Waals surface area contributed by atoms with E-state index in [1.165, 1.54) is 32.1 Å². The van der Waals surface area contributed by atoms with Crippen LogP contribution in [0.5, 0.6) is 5.75 Å². The van der Waals surface area contributed by atoms with Crippen molar-refractivity contribution in [3.05, 3.63) is 23.8 Å². The Kier molecular flexibility index (Phi) is 3.09. The van der Waals surface area contributed by atoms with Gasteiger partial charge in [0.2, 0.25) is 0 Å². The summed E-state index contributed by atoms with van der Waals surface area (Å²) in [5.74, 6) is -0.245. The lowest BCUT2D eigenvalue weighted by Crippen LogP contribution is -2.36. The van der Waals surface area contributed by atoms with Gasteiger partial charge in [0.25, 0.3) is 0 Å². The Hall–Kier alpha value is -1.71. The number of rotatable bonds is 1. The molecule has 4 nitrogen and oxygen atoms in total. The molecule has 1 aliphatic carbocycles. The molecule has 0 amide bonds. The summed E-state index contributed by atoms with van der Waals surface area (Å²) >= 11 is 0. The van der Waals surface area contributed by atoms with Crippen LogP contribution in [0, 0.1) is 5.41 Å². The predicted octanol–water partition coefficient (Wildman–Crippen LogP) is 3.14. The van der Waals surface area contributed by atoms with E-state index in [-0.39, 0.29) is 11.0 Å². The largest absolute Gasteiger partial charge is 0.491 e. The van der Waals surface area contributed by atoms with Crippen LogP contribution in [0.1, 0.15) is 42.5 Å². The van der Waals surface area contributed by atoms with Crippen molar-refractivity contribution in [1.29, 1.82) is 0 Å². The third-order valence-corrected chi connectivity index (χ3v) is 4.33. The Morgan fingerprint density at radius 1 is 1.26 bits per heavy atom. The zero-order valence-electron chi connectivity index (χ0n) is 10.9. The Balaban J connectivity index is 1.83. The monoisotopic (exact) mass is 261 g/mol. The minimum atomic E-state index is -0.914. The molecule has 2 aliphatic rings. The number of hydrogen-bond acceptors (Lipinski definition) is 3. The molecule has 1 aromatic carbocycles. The number of nitrogens with one attached hydrogen (secondary N) is 1. The molecule has 4 heteroatoms. The van der Waals surface area contributed by atoms with Crippen molar-refractivity contribution in [2.75, 3.05) is 18.5 Å². The Labute approximate surface area is 112 Å². The standard InChI is InChI=1S/C15H19NO3/c17-14(18)11-4-5-12-13(8-11)19-10-15(9-16-12)6-2-1-3-7-15/h4-5,8,16H,1-3,6-7,9-10H2,(H,17,18). The molecule has 0 aromatic heterocycles. The fraction of sp³-hybridized carbons (Fsp3) is 0.533. The van der Waals surface area contributed by atoms with E-state index in [4.69, 9.17) is 9.84 Å². The van der Waals surface area contributed by atoms with Gasteiger partial charge in [-0.2, -0.15) is 0 Å². The molecule has 102 valence electrons. The first kappa shape index (κ1) is 12.3. The second-order valence-electron chi connectivity index (χ2n) is 5.72. The summed E-state index contributed by atoms with van der Waals surface area (Å²) in [6.07, 6.45) is 6.24. The van der Waals surface area contributed by atoms with E-state index in [0.717, 1.165) is 12.2 Å². The van der Waals surface area contributed by atoms with E-state index in [9.17, 15) is 4.79 Å². The van der Waals surface area contributed by atoms with E-state index in [1.54, 1.807) is 18.2 Å². The quantitative estimate of drug-likeness (QED) is 0.815. The molecule has 0 bridgehead atoms. The van der Waals surface area contributed by atoms with Crippen LogP contribution in [0.4, 0.5) is 5.69 Å². The number of carbonyl (C=O) groups is 1. The molecule has 1 spiro atoms. The van der Waals surface area contributed by atoms with E-state index in [1.807, 2.05) is 0 Å². The van der Waals surface area contributed by atoms with Crippen molar-refractivity contribution >= 4 is 11.7 Å². The first-order valence-corrected chi connectivity index (χ1v) is 6.93. The molecule has 0 unspecified atom stereocenters. The summed E-state index contributed by atoms with van der Waals surface area (Å²) in [6.45, 7) is 1.61. The molecule has 0 saturated heterocycles. The first-order valence-electron chi connectivity index (χ1n) is 6.93. The van der Waals surface area contributed by atoms with Gasteiger partial charge in [0.15, 0.2) is 0 Å². The highest BCUT2D eigenvalue weighted by Gasteiger charge is 2.35. The molecule has 1 aliphatic heterocycles. The number of anilines is 1. The molecular formula is C15H19NO3. The molecule has 2 N–H and O–H groups in total. The number of aromatic carboxylic acids is 1. The maximum Gasteiger partial charge on any atom is 0.335 e. The zero-order chi connectivity index (χ0) is 13.3. The summed E-state index contributed by atoms with van der Waals surface area (Å²) < 4.78 is 5.91. The number of benzene rings is 1. The molecule has 0 radical (unpaired) electrons. The lowest BCUT2D eigenvalue weighted by Gasteiger charge is -2.35. The van der Waals surface area contributed by atoms with Gasteiger partial charge in [-0.25, -0.2) is 4.79 Å². The third kappa shape index (κ3) is 2.39. The molecule has 1 heterocycles. The number of carboxylic acids is 1. The summed E-state index contributed by atoms with van der Waals surface area (Å²) in [5.41, 5.74) is 1.41. The van der Waals surface area contributed by atoms with Gasteiger partial charge in [-0.15, -0.1) is 0 Å². The van der Waals surface area contributed by atoms with Crippen LogP contribution in [-0.2, 0) is 0 Å². The summed E-state index contributed by atoms with van der Waals surface area (Å²) in [5, 5.41) is 12.5. The van der Waals surface area contributed by atoms with Crippen LogP contribution >= 0.6 is 0 Å². The number of carboxylic acid groups (broad SMARTS) is 1. The Morgan fingerprint density at radius 2 is 2.05 bits per heavy atom. The number of ether oxygens (including phenoxy) is 1. The third-order valence-electron chi connectivity index (χ3n) is 4.33. The van der Waals surface area contributed by atoms with E-state index in [0.29, 0.717) is 12.4 Å². The maximum absolute atomic E-state index is 11.0. The van der Waals surface area contributed by atoms with Crippen molar-refractivity contribution in [1.82, 2.24) is 0 Å². The zero-order valence-corrected chi connectivity index (χ0v) is 10.9. The topological polar surface area (TPSA) is 58.6 Å². The fourth-order valence-corrected chi connectivity index (χ4v) is 3.11. The molecule has 19 heavy (non-hydrogen) atoms. The van der Waals surface area contributed by atoms with Crippen molar-refractivity contribution in [2.24, 2.45) is 5.41 Å². The smallest absolute Gasteiger partial charge is 0.335 e. The van der Waals surface area contributed by atoms with E-state index >= 15 is 0 Å². The average Bonchev–Trinajstić information content (AvgIpc) is 2.60. The number of fused-ring (bicyclic) bond motifs is 1. The van der Waals surface area contributed by atoms with Crippen LogP contribution in [0.3, 0.4) is 0 Å². The summed E-state index contributed by atoms with van der Waals surface area (Å²) in [7, 11) is 0. The van der Waals surface area contributed by atoms with Gasteiger partial charge in [-0.1, -0.05) is 19.3 Å². The highest BCUT2D eigenvalue weighted by molar-refractivity contribution is 5.89. The Morgan fingerprint density at radius 3 is 2.79 bits per heavy atom. The van der Waals surface area contributed by atoms with Gasteiger partial charge in [0, 0.05) is 12.0 Å². The fourth-order valence-electron chi connectivity index (χ4n) is 3.11. The van der Waals surface area contributed by atoms with E-state index < -0.39 is 5.97 Å². The SMILES string of the molecule is O=C(O)c1ccc2c(c1)OCC1(CCCCC1)CN2. The summed E-state index contributed by atoms with van der Waals surface area (Å²) in [4.78, 5) is 11.0. The second-order valence-corrected chi connectivity index (χ2v) is 5.72. The number of hydrogen-bond donors (Lipinski definition) is 2. The minimum Gasteiger partial charge on any atom is -0.491 e. The molecule has 1 fully saturated rings. The second kappa shape index (κ2) is 4.76. The van der Waals surface area contributed by atoms with Crippen molar-refractivity contribution in [2.45, 2.75) is 32.1 Å². The Bertz CT molecular complexity index is 492. The van der Waals surface area contributed by atoms with Crippen LogP contribution in [-0.4, -0.2) is 24.2 Å². The lowest BCUT2D eigenvalue weighted by molar-refractivity contribution is 0.0696. The first-order chi connectivity index (χ1) is 9.19. The summed E-state index contributed by atoms with van der Waals surface area (Å²) in [6, 6.07) is 5.05. The lowest BCUT2D eigenvalue weighted by atomic mass is 9.74. The molecule has 0 atom stereocenters. The molecule has 1 saturated carbocycles. The van der Waals surface area contributed by atoms with Gasteiger partial charge < -0.3 is 15.2 Å². The minimum absolute atomic E-state index is 0.223. The van der Waals surface area contributed by atoms with Crippen LogP contribution in [0.25, 0.3) is 0 Å². The van der Waals surface area contributed by atoms with Gasteiger partial charge in [-0.05, 0) is 31.0 Å². The van der Waals surface area contributed by atoms with Crippen LogP contribution in [0.15, 0.2) is 18.2 Å². The van der Waals surface area contributed by atoms with Gasteiger partial charge in [0.1, 0.15) is 5.75 Å². The molecular weight excluding hydrogens is 242 g/mol. The highest BCUT2D eigenvalue weighted by atomic mass is 16.5. The van der Waals surface area contributed by atoms with Gasteiger partial charge in [-0.3, -0.25) is 0 Å².